The Morgan fingerprint density at radius 1 is 0.833 bits per heavy atom. The molecule has 0 aromatic heterocycles. The van der Waals surface area contributed by atoms with Gasteiger partial charge in [0.25, 0.3) is 0 Å². The molecule has 18 heavy (non-hydrogen) atoms. The summed E-state index contributed by atoms with van der Waals surface area (Å²) in [5, 5.41) is 3.46. The molecule has 0 fully saturated rings. The third-order valence-electron chi connectivity index (χ3n) is 3.61. The standard InChI is InChI=1S/C17H19N/c1-17(2)11-13-8-9-16(10-14(13)12-17)18-15-6-4-3-5-7-15/h3-10,18H,11-12H2,1-2H3. The quantitative estimate of drug-likeness (QED) is 0.807. The molecule has 0 aliphatic heterocycles. The molecule has 0 unspecified atom stereocenters. The highest BCUT2D eigenvalue weighted by molar-refractivity contribution is 5.61. The Bertz CT molecular complexity index is 555. The topological polar surface area (TPSA) is 12.0 Å². The first-order valence-corrected chi connectivity index (χ1v) is 6.56. The van der Waals surface area contributed by atoms with Crippen LogP contribution in [-0.2, 0) is 12.8 Å². The van der Waals surface area contributed by atoms with E-state index in [1.54, 1.807) is 0 Å². The second kappa shape index (κ2) is 4.16. The van der Waals surface area contributed by atoms with Crippen LogP contribution in [0.1, 0.15) is 25.0 Å². The summed E-state index contributed by atoms with van der Waals surface area (Å²) in [5.74, 6) is 0. The summed E-state index contributed by atoms with van der Waals surface area (Å²) < 4.78 is 0. The third-order valence-corrected chi connectivity index (χ3v) is 3.61. The molecule has 0 saturated carbocycles. The Morgan fingerprint density at radius 3 is 2.33 bits per heavy atom. The molecule has 0 bridgehead atoms. The van der Waals surface area contributed by atoms with Gasteiger partial charge in [-0.05, 0) is 53.6 Å². The zero-order valence-electron chi connectivity index (χ0n) is 11.0. The predicted molar refractivity (Wildman–Crippen MR) is 77.4 cm³/mol. The predicted octanol–water partition coefficient (Wildman–Crippen LogP) is 4.56. The maximum Gasteiger partial charge on any atom is 0.0387 e. The van der Waals surface area contributed by atoms with Gasteiger partial charge in [0.2, 0.25) is 0 Å². The van der Waals surface area contributed by atoms with Crippen molar-refractivity contribution in [2.45, 2.75) is 26.7 Å². The van der Waals surface area contributed by atoms with E-state index in [0.717, 1.165) is 5.69 Å². The molecule has 2 aromatic rings. The number of hydrogen-bond acceptors (Lipinski definition) is 1. The van der Waals surface area contributed by atoms with Crippen LogP contribution in [0.15, 0.2) is 48.5 Å². The number of anilines is 2. The molecule has 0 saturated heterocycles. The molecule has 1 aliphatic rings. The second-order valence-corrected chi connectivity index (χ2v) is 5.99. The van der Waals surface area contributed by atoms with Crippen LogP contribution in [0.5, 0.6) is 0 Å². The van der Waals surface area contributed by atoms with Crippen molar-refractivity contribution >= 4 is 11.4 Å². The molecule has 0 amide bonds. The van der Waals surface area contributed by atoms with E-state index >= 15 is 0 Å². The Kier molecular flexibility index (Phi) is 2.62. The molecule has 3 rings (SSSR count). The highest BCUT2D eigenvalue weighted by atomic mass is 14.9. The van der Waals surface area contributed by atoms with E-state index in [-0.39, 0.29) is 0 Å². The average molecular weight is 237 g/mol. The minimum Gasteiger partial charge on any atom is -0.356 e. The first-order valence-electron chi connectivity index (χ1n) is 6.56. The monoisotopic (exact) mass is 237 g/mol. The van der Waals surface area contributed by atoms with Gasteiger partial charge in [-0.25, -0.2) is 0 Å². The van der Waals surface area contributed by atoms with Crippen LogP contribution in [-0.4, -0.2) is 0 Å². The zero-order valence-corrected chi connectivity index (χ0v) is 11.0. The van der Waals surface area contributed by atoms with E-state index in [0.29, 0.717) is 5.41 Å². The molecule has 0 spiro atoms. The first kappa shape index (κ1) is 11.3. The number of rotatable bonds is 2. The number of para-hydroxylation sites is 1. The van der Waals surface area contributed by atoms with Gasteiger partial charge in [-0.2, -0.15) is 0 Å². The number of benzene rings is 2. The lowest BCUT2D eigenvalue weighted by Gasteiger charge is -2.14. The van der Waals surface area contributed by atoms with Crippen LogP contribution in [0, 0.1) is 5.41 Å². The maximum absolute atomic E-state index is 3.46. The lowest BCUT2D eigenvalue weighted by molar-refractivity contribution is 0.392. The lowest BCUT2D eigenvalue weighted by atomic mass is 9.90. The molecule has 1 N–H and O–H groups in total. The van der Waals surface area contributed by atoms with Gasteiger partial charge in [-0.1, -0.05) is 38.1 Å². The molecule has 1 heteroatoms. The van der Waals surface area contributed by atoms with Crippen LogP contribution in [0.3, 0.4) is 0 Å². The van der Waals surface area contributed by atoms with E-state index in [1.807, 2.05) is 6.07 Å². The van der Waals surface area contributed by atoms with Gasteiger partial charge in [0.05, 0.1) is 0 Å². The first-order chi connectivity index (χ1) is 8.62. The van der Waals surface area contributed by atoms with Crippen LogP contribution in [0.2, 0.25) is 0 Å². The van der Waals surface area contributed by atoms with Gasteiger partial charge < -0.3 is 5.32 Å². The van der Waals surface area contributed by atoms with Gasteiger partial charge in [-0.15, -0.1) is 0 Å². The van der Waals surface area contributed by atoms with Gasteiger partial charge in [0.1, 0.15) is 0 Å². The molecular weight excluding hydrogens is 218 g/mol. The van der Waals surface area contributed by atoms with Crippen molar-refractivity contribution in [3.05, 3.63) is 59.7 Å². The minimum atomic E-state index is 0.424. The van der Waals surface area contributed by atoms with E-state index in [2.05, 4.69) is 61.6 Å². The molecule has 0 heterocycles. The van der Waals surface area contributed by atoms with Crippen LogP contribution in [0.25, 0.3) is 0 Å². The Morgan fingerprint density at radius 2 is 1.56 bits per heavy atom. The van der Waals surface area contributed by atoms with Gasteiger partial charge >= 0.3 is 0 Å². The lowest BCUT2D eigenvalue weighted by Crippen LogP contribution is -2.09. The van der Waals surface area contributed by atoms with E-state index in [1.165, 1.54) is 29.7 Å². The van der Waals surface area contributed by atoms with Crippen LogP contribution in [0.4, 0.5) is 11.4 Å². The van der Waals surface area contributed by atoms with E-state index < -0.39 is 0 Å². The fraction of sp³-hybridized carbons (Fsp3) is 0.294. The van der Waals surface area contributed by atoms with Crippen molar-refractivity contribution in [3.8, 4) is 0 Å². The fourth-order valence-corrected chi connectivity index (χ4v) is 2.82. The van der Waals surface area contributed by atoms with Crippen molar-refractivity contribution in [2.24, 2.45) is 5.41 Å². The summed E-state index contributed by atoms with van der Waals surface area (Å²) in [5.41, 5.74) is 5.78. The van der Waals surface area contributed by atoms with E-state index in [9.17, 15) is 0 Å². The third kappa shape index (κ3) is 2.26. The molecule has 2 aromatic carbocycles. The van der Waals surface area contributed by atoms with Crippen LogP contribution >= 0.6 is 0 Å². The summed E-state index contributed by atoms with van der Waals surface area (Å²) in [6.07, 6.45) is 2.39. The molecular formula is C17H19N. The van der Waals surface area contributed by atoms with Crippen molar-refractivity contribution in [1.82, 2.24) is 0 Å². The van der Waals surface area contributed by atoms with Crippen molar-refractivity contribution in [2.75, 3.05) is 5.32 Å². The summed E-state index contributed by atoms with van der Waals surface area (Å²) in [6.45, 7) is 4.69. The molecule has 0 atom stereocenters. The number of hydrogen-bond donors (Lipinski definition) is 1. The second-order valence-electron chi connectivity index (χ2n) is 5.99. The minimum absolute atomic E-state index is 0.424. The average Bonchev–Trinajstić information content (AvgIpc) is 2.63. The summed E-state index contributed by atoms with van der Waals surface area (Å²) in [4.78, 5) is 0. The number of nitrogens with one attached hydrogen (secondary N) is 1. The Balaban J connectivity index is 1.85. The summed E-state index contributed by atoms with van der Waals surface area (Å²) in [7, 11) is 0. The maximum atomic E-state index is 3.46. The molecule has 92 valence electrons. The summed E-state index contributed by atoms with van der Waals surface area (Å²) >= 11 is 0. The smallest absolute Gasteiger partial charge is 0.0387 e. The van der Waals surface area contributed by atoms with E-state index in [4.69, 9.17) is 0 Å². The Labute approximate surface area is 109 Å². The van der Waals surface area contributed by atoms with Gasteiger partial charge in [0, 0.05) is 11.4 Å². The normalized spacial score (nSPS) is 16.3. The molecule has 1 nitrogen and oxygen atoms in total. The molecule has 0 radical (unpaired) electrons. The fourth-order valence-electron chi connectivity index (χ4n) is 2.82. The summed E-state index contributed by atoms with van der Waals surface area (Å²) in [6, 6.07) is 17.1. The Hall–Kier alpha value is -1.76. The van der Waals surface area contributed by atoms with Crippen molar-refractivity contribution < 1.29 is 0 Å². The highest BCUT2D eigenvalue weighted by Gasteiger charge is 2.28. The van der Waals surface area contributed by atoms with Crippen LogP contribution < -0.4 is 5.32 Å². The van der Waals surface area contributed by atoms with Gasteiger partial charge in [0.15, 0.2) is 0 Å². The largest absolute Gasteiger partial charge is 0.356 e. The zero-order chi connectivity index (χ0) is 12.6. The highest BCUT2D eigenvalue weighted by Crippen LogP contribution is 2.37. The number of fused-ring (bicyclic) bond motifs is 1. The van der Waals surface area contributed by atoms with Crippen molar-refractivity contribution in [3.63, 3.8) is 0 Å². The molecule has 1 aliphatic carbocycles. The van der Waals surface area contributed by atoms with Crippen molar-refractivity contribution in [1.29, 1.82) is 0 Å². The van der Waals surface area contributed by atoms with Gasteiger partial charge in [-0.3, -0.25) is 0 Å². The SMILES string of the molecule is CC1(C)Cc2ccc(Nc3ccccc3)cc2C1.